The molecule has 0 atom stereocenters. The summed E-state index contributed by atoms with van der Waals surface area (Å²) in [6, 6.07) is 18.7. The minimum Gasteiger partial charge on any atom is -0.386 e. The van der Waals surface area contributed by atoms with Crippen molar-refractivity contribution in [3.8, 4) is 0 Å². The first-order valence-electron chi connectivity index (χ1n) is 8.78. The van der Waals surface area contributed by atoms with E-state index in [2.05, 4.69) is 31.2 Å². The van der Waals surface area contributed by atoms with E-state index in [-0.39, 0.29) is 35.4 Å². The molecule has 0 spiro atoms. The Kier molecular flexibility index (Phi) is 17.2. The van der Waals surface area contributed by atoms with Crippen LogP contribution in [-0.2, 0) is 15.4 Å². The van der Waals surface area contributed by atoms with Crippen LogP contribution in [0.2, 0.25) is 0 Å². The zero-order valence-corrected chi connectivity index (χ0v) is 17.0. The first-order chi connectivity index (χ1) is 11.8. The van der Waals surface area contributed by atoms with E-state index < -0.39 is 0 Å². The fourth-order valence-electron chi connectivity index (χ4n) is 3.32. The Bertz CT molecular complexity index is 663. The summed E-state index contributed by atoms with van der Waals surface area (Å²) in [6.45, 7) is 2.18. The molecule has 166 valence electrons. The summed E-state index contributed by atoms with van der Waals surface area (Å²) in [6.07, 6.45) is 5.07. The molecule has 0 N–H and O–H groups in total. The second-order valence-electron chi connectivity index (χ2n) is 6.44. The van der Waals surface area contributed by atoms with E-state index in [4.69, 9.17) is 4.18 Å². The van der Waals surface area contributed by atoms with Crippen LogP contribution in [0.15, 0.2) is 59.5 Å². The van der Waals surface area contributed by atoms with Crippen molar-refractivity contribution in [3.05, 3.63) is 65.7 Å². The second-order valence-corrected chi connectivity index (χ2v) is 7.25. The molecule has 0 heterocycles. The molecule has 0 unspecified atom stereocenters. The summed E-state index contributed by atoms with van der Waals surface area (Å²) in [5.41, 5.74) is 2.80. The van der Waals surface area contributed by atoms with Gasteiger partial charge in [0.2, 0.25) is 0 Å². The van der Waals surface area contributed by atoms with Crippen LogP contribution in [0.1, 0.15) is 49.7 Å². The number of carbonyl (C=O) groups is 1. The smallest absolute Gasteiger partial charge is 0.321 e. The lowest BCUT2D eigenvalue weighted by Gasteiger charge is -2.27. The van der Waals surface area contributed by atoms with Crippen LogP contribution in [0.3, 0.4) is 0 Å². The molecule has 2 aromatic carbocycles. The summed E-state index contributed by atoms with van der Waals surface area (Å²) in [4.78, 5) is 13.2. The minimum atomic E-state index is -0.0661. The maximum absolute atomic E-state index is 12.3. The number of halogens is 5. The first kappa shape index (κ1) is 31.6. The number of hydrogen-bond acceptors (Lipinski definition) is 3. The zero-order chi connectivity index (χ0) is 16.8. The van der Waals surface area contributed by atoms with E-state index in [0.717, 1.165) is 37.0 Å². The van der Waals surface area contributed by atoms with Gasteiger partial charge in [0.05, 0.1) is 18.0 Å². The predicted molar refractivity (Wildman–Crippen MR) is 111 cm³/mol. The maximum atomic E-state index is 12.3. The van der Waals surface area contributed by atoms with Crippen LogP contribution in [0.25, 0.3) is 0 Å². The molecule has 0 saturated heterocycles. The summed E-state index contributed by atoms with van der Waals surface area (Å²) < 4.78 is 5.42. The molecule has 29 heavy (non-hydrogen) atoms. The van der Waals surface area contributed by atoms with Crippen molar-refractivity contribution in [2.75, 3.05) is 0 Å². The van der Waals surface area contributed by atoms with E-state index in [1.807, 2.05) is 30.3 Å². The van der Waals surface area contributed by atoms with Gasteiger partial charge >= 0.3 is 5.97 Å². The highest BCUT2D eigenvalue weighted by Gasteiger charge is 2.28. The molecule has 0 bridgehead atoms. The average Bonchev–Trinajstić information content (AvgIpc) is 2.67. The van der Waals surface area contributed by atoms with Gasteiger partial charge < -0.3 is 4.18 Å². The van der Waals surface area contributed by atoms with E-state index in [9.17, 15) is 4.79 Å². The van der Waals surface area contributed by atoms with E-state index in [0.29, 0.717) is 5.92 Å². The predicted octanol–water partition coefficient (Wildman–Crippen LogP) is 6.54. The van der Waals surface area contributed by atoms with Crippen molar-refractivity contribution in [1.82, 2.24) is 0 Å². The topological polar surface area (TPSA) is 26.3 Å². The van der Waals surface area contributed by atoms with Crippen molar-refractivity contribution in [2.45, 2.75) is 49.8 Å². The molecule has 8 heteroatoms. The molecule has 1 saturated carbocycles. The van der Waals surface area contributed by atoms with Gasteiger partial charge in [-0.2, -0.15) is 0 Å². The third-order valence-corrected chi connectivity index (χ3v) is 5.60. The number of carbonyl (C=O) groups excluding carboxylic acids is 1. The monoisotopic (exact) mass is 440 g/mol. The molecule has 1 aliphatic rings. The number of aryl methyl sites for hydroxylation is 1. The molecule has 0 radical (unpaired) electrons. The van der Waals surface area contributed by atoms with Gasteiger partial charge in [-0.3, -0.25) is 28.3 Å². The average molecular weight is 441 g/mol. The molecule has 0 aliphatic heterocycles. The van der Waals surface area contributed by atoms with Crippen molar-refractivity contribution >= 4 is 18.0 Å². The molecular weight excluding hydrogens is 411 g/mol. The number of rotatable bonds is 5. The summed E-state index contributed by atoms with van der Waals surface area (Å²) in [5, 5.41) is 0. The molecule has 3 rings (SSSR count). The molecule has 1 fully saturated rings. The second kappa shape index (κ2) is 15.8. The molecule has 2 nitrogen and oxygen atoms in total. The van der Waals surface area contributed by atoms with Gasteiger partial charge in [-0.25, -0.2) is 0 Å². The molecule has 0 amide bonds. The fraction of sp³-hybridized carbons (Fsp3) is 0.381. The van der Waals surface area contributed by atoms with Gasteiger partial charge in [0, 0.05) is 4.90 Å². The van der Waals surface area contributed by atoms with Gasteiger partial charge in [0.15, 0.2) is 0 Å². The van der Waals surface area contributed by atoms with Crippen molar-refractivity contribution in [3.63, 3.8) is 0 Å². The quantitative estimate of drug-likeness (QED) is 0.390. The van der Waals surface area contributed by atoms with E-state index in [1.54, 1.807) is 0 Å². The highest BCUT2D eigenvalue weighted by Crippen LogP contribution is 2.37. The zero-order valence-electron chi connectivity index (χ0n) is 16.2. The van der Waals surface area contributed by atoms with E-state index >= 15 is 0 Å². The Morgan fingerprint density at radius 2 is 1.41 bits per heavy atom. The van der Waals surface area contributed by atoms with E-state index in [1.165, 1.54) is 23.2 Å². The standard InChI is InChI=1S/C21H24O2S.5FH/c1-2-16-8-10-17(11-9-16)18-12-14-19(15-13-18)21(22)23-24-20-6-4-3-5-7-20;;;;;/h3-11,18-19H,2,12-15H2,1H3;5*1H. The van der Waals surface area contributed by atoms with Crippen molar-refractivity contribution < 1.29 is 32.5 Å². The van der Waals surface area contributed by atoms with Crippen LogP contribution in [0.4, 0.5) is 23.5 Å². The molecular formula is C21H29F5O2S. The SMILES string of the molecule is CCc1ccc(C2CCC(C(=O)OSc3ccccc3)CC2)cc1.F.F.F.F.F. The molecule has 1 aliphatic carbocycles. The Morgan fingerprint density at radius 3 is 1.93 bits per heavy atom. The van der Waals surface area contributed by atoms with Crippen LogP contribution < -0.4 is 0 Å². The summed E-state index contributed by atoms with van der Waals surface area (Å²) >= 11 is 1.17. The third-order valence-electron chi connectivity index (χ3n) is 4.88. The first-order valence-corrected chi connectivity index (χ1v) is 9.52. The van der Waals surface area contributed by atoms with Crippen LogP contribution >= 0.6 is 12.0 Å². The van der Waals surface area contributed by atoms with Gasteiger partial charge in [0.1, 0.15) is 0 Å². The lowest BCUT2D eigenvalue weighted by molar-refractivity contribution is -0.138. The number of hydrogen-bond donors (Lipinski definition) is 0. The van der Waals surface area contributed by atoms with Crippen LogP contribution in [-0.4, -0.2) is 5.97 Å². The largest absolute Gasteiger partial charge is 0.386 e. The Hall–Kier alpha value is -2.09. The Balaban J connectivity index is -0.00000135. The lowest BCUT2D eigenvalue weighted by Crippen LogP contribution is -2.21. The minimum absolute atomic E-state index is 0. The van der Waals surface area contributed by atoms with Crippen LogP contribution in [0, 0.1) is 5.92 Å². The normalized spacial score (nSPS) is 17.0. The Labute approximate surface area is 172 Å². The lowest BCUT2D eigenvalue weighted by atomic mass is 9.78. The summed E-state index contributed by atoms with van der Waals surface area (Å²) in [7, 11) is 0. The van der Waals surface area contributed by atoms with Gasteiger partial charge in [0.25, 0.3) is 0 Å². The summed E-state index contributed by atoms with van der Waals surface area (Å²) in [5.74, 6) is 0.567. The maximum Gasteiger partial charge on any atom is 0.321 e. The van der Waals surface area contributed by atoms with Crippen LogP contribution in [0.5, 0.6) is 0 Å². The van der Waals surface area contributed by atoms with Crippen molar-refractivity contribution in [2.24, 2.45) is 5.92 Å². The van der Waals surface area contributed by atoms with Gasteiger partial charge in [-0.1, -0.05) is 49.4 Å². The highest BCUT2D eigenvalue weighted by atomic mass is 32.2. The number of benzene rings is 2. The van der Waals surface area contributed by atoms with Gasteiger partial charge in [-0.05, 0) is 61.3 Å². The molecule has 2 aromatic rings. The van der Waals surface area contributed by atoms with Crippen molar-refractivity contribution in [1.29, 1.82) is 0 Å². The highest BCUT2D eigenvalue weighted by molar-refractivity contribution is 7.95. The third kappa shape index (κ3) is 8.85. The van der Waals surface area contributed by atoms with Gasteiger partial charge in [-0.15, -0.1) is 0 Å². The fourth-order valence-corrected chi connectivity index (χ4v) is 3.90. The Morgan fingerprint density at radius 1 is 0.862 bits per heavy atom. The molecule has 0 aromatic heterocycles.